The lowest BCUT2D eigenvalue weighted by atomic mass is 10.1. The van der Waals surface area contributed by atoms with Crippen molar-refractivity contribution in [1.29, 1.82) is 0 Å². The Kier molecular flexibility index (Phi) is 6.16. The summed E-state index contributed by atoms with van der Waals surface area (Å²) >= 11 is 6.03. The molecule has 0 unspecified atom stereocenters. The normalized spacial score (nSPS) is 10.2. The number of hydrogen-bond donors (Lipinski definition) is 0. The molecule has 0 aromatic heterocycles. The molecule has 0 spiro atoms. The summed E-state index contributed by atoms with van der Waals surface area (Å²) in [5.74, 6) is -0.633. The Morgan fingerprint density at radius 1 is 0.955 bits per heavy atom. The van der Waals surface area contributed by atoms with Gasteiger partial charge in [0.05, 0.1) is 0 Å². The van der Waals surface area contributed by atoms with E-state index in [0.717, 1.165) is 11.1 Å². The highest BCUT2D eigenvalue weighted by atomic mass is 35.5. The zero-order valence-electron chi connectivity index (χ0n) is 12.1. The molecule has 0 aliphatic heterocycles. The SMILES string of the molecule is O=C(CCc1ccccc1Cl)CC(=O)OCc1ccccc1. The van der Waals surface area contributed by atoms with Crippen molar-refractivity contribution in [2.45, 2.75) is 25.9 Å². The van der Waals surface area contributed by atoms with E-state index in [-0.39, 0.29) is 25.2 Å². The number of aryl methyl sites for hydroxylation is 1. The van der Waals surface area contributed by atoms with Gasteiger partial charge < -0.3 is 4.74 Å². The molecule has 0 N–H and O–H groups in total. The number of rotatable bonds is 7. The van der Waals surface area contributed by atoms with Crippen LogP contribution in [0, 0.1) is 0 Å². The highest BCUT2D eigenvalue weighted by molar-refractivity contribution is 6.31. The number of carbonyl (C=O) groups is 2. The number of hydrogen-bond acceptors (Lipinski definition) is 3. The molecule has 0 bridgehead atoms. The van der Waals surface area contributed by atoms with Crippen molar-refractivity contribution >= 4 is 23.4 Å². The highest BCUT2D eigenvalue weighted by Crippen LogP contribution is 2.17. The van der Waals surface area contributed by atoms with Gasteiger partial charge in [-0.05, 0) is 23.6 Å². The van der Waals surface area contributed by atoms with Gasteiger partial charge in [0.1, 0.15) is 18.8 Å². The van der Waals surface area contributed by atoms with Gasteiger partial charge in [-0.2, -0.15) is 0 Å². The van der Waals surface area contributed by atoms with Crippen molar-refractivity contribution in [1.82, 2.24) is 0 Å². The first-order valence-corrected chi connectivity index (χ1v) is 7.47. The minimum absolute atomic E-state index is 0.141. The summed E-state index contributed by atoms with van der Waals surface area (Å²) in [5.41, 5.74) is 1.81. The van der Waals surface area contributed by atoms with Gasteiger partial charge >= 0.3 is 5.97 Å². The molecule has 114 valence electrons. The van der Waals surface area contributed by atoms with Gasteiger partial charge in [-0.1, -0.05) is 60.1 Å². The van der Waals surface area contributed by atoms with E-state index in [2.05, 4.69) is 0 Å². The molecule has 2 rings (SSSR count). The van der Waals surface area contributed by atoms with Crippen LogP contribution in [0.15, 0.2) is 54.6 Å². The van der Waals surface area contributed by atoms with Crippen molar-refractivity contribution < 1.29 is 14.3 Å². The molecule has 4 heteroatoms. The van der Waals surface area contributed by atoms with E-state index in [1.165, 1.54) is 0 Å². The van der Waals surface area contributed by atoms with Crippen LogP contribution in [-0.4, -0.2) is 11.8 Å². The Balaban J connectivity index is 1.72. The molecule has 0 saturated heterocycles. The molecular weight excluding hydrogens is 300 g/mol. The van der Waals surface area contributed by atoms with Crippen molar-refractivity contribution in [2.24, 2.45) is 0 Å². The molecule has 2 aromatic rings. The van der Waals surface area contributed by atoms with Gasteiger partial charge in [-0.25, -0.2) is 0 Å². The maximum Gasteiger partial charge on any atom is 0.313 e. The van der Waals surface area contributed by atoms with Crippen molar-refractivity contribution in [3.63, 3.8) is 0 Å². The average molecular weight is 317 g/mol. The first-order chi connectivity index (χ1) is 10.6. The first-order valence-electron chi connectivity index (χ1n) is 7.10. The fourth-order valence-electron chi connectivity index (χ4n) is 2.01. The number of halogens is 1. The lowest BCUT2D eigenvalue weighted by Crippen LogP contribution is -2.12. The standard InChI is InChI=1S/C18H17ClO3/c19-17-9-5-4-8-15(17)10-11-16(20)12-18(21)22-13-14-6-2-1-3-7-14/h1-9H,10-13H2. The van der Waals surface area contributed by atoms with Crippen LogP contribution in [0.2, 0.25) is 5.02 Å². The number of carbonyl (C=O) groups excluding carboxylic acids is 2. The van der Waals surface area contributed by atoms with Gasteiger partial charge in [0.25, 0.3) is 0 Å². The summed E-state index contributed by atoms with van der Waals surface area (Å²) in [6.07, 6.45) is 0.617. The number of esters is 1. The third kappa shape index (κ3) is 5.34. The highest BCUT2D eigenvalue weighted by Gasteiger charge is 2.12. The predicted molar refractivity (Wildman–Crippen MR) is 85.6 cm³/mol. The minimum atomic E-state index is -0.493. The summed E-state index contributed by atoms with van der Waals surface area (Å²) in [4.78, 5) is 23.4. The first kappa shape index (κ1) is 16.2. The van der Waals surface area contributed by atoms with Crippen molar-refractivity contribution in [3.8, 4) is 0 Å². The second-order valence-corrected chi connectivity index (χ2v) is 5.36. The van der Waals surface area contributed by atoms with Crippen LogP contribution in [0.4, 0.5) is 0 Å². The number of benzene rings is 2. The second kappa shape index (κ2) is 8.35. The van der Waals surface area contributed by atoms with E-state index in [4.69, 9.17) is 16.3 Å². The van der Waals surface area contributed by atoms with E-state index in [1.54, 1.807) is 6.07 Å². The van der Waals surface area contributed by atoms with Gasteiger partial charge in [0, 0.05) is 11.4 Å². The van der Waals surface area contributed by atoms with E-state index in [9.17, 15) is 9.59 Å². The van der Waals surface area contributed by atoms with Crippen molar-refractivity contribution in [2.75, 3.05) is 0 Å². The molecule has 0 saturated carbocycles. The molecule has 0 amide bonds. The molecule has 0 aliphatic rings. The van der Waals surface area contributed by atoms with E-state index >= 15 is 0 Å². The van der Waals surface area contributed by atoms with Gasteiger partial charge in [-0.3, -0.25) is 9.59 Å². The summed E-state index contributed by atoms with van der Waals surface area (Å²) in [6, 6.07) is 16.8. The fourth-order valence-corrected chi connectivity index (χ4v) is 2.24. The zero-order chi connectivity index (χ0) is 15.8. The lowest BCUT2D eigenvalue weighted by Gasteiger charge is -2.05. The van der Waals surface area contributed by atoms with Crippen LogP contribution < -0.4 is 0 Å². The molecular formula is C18H17ClO3. The number of ketones is 1. The maximum atomic E-state index is 11.8. The summed E-state index contributed by atoms with van der Waals surface area (Å²) in [5, 5.41) is 0.641. The predicted octanol–water partition coefficient (Wildman–Crippen LogP) is 3.98. The molecule has 0 atom stereocenters. The second-order valence-electron chi connectivity index (χ2n) is 4.95. The topological polar surface area (TPSA) is 43.4 Å². The van der Waals surface area contributed by atoms with Crippen LogP contribution >= 0.6 is 11.6 Å². The molecule has 0 heterocycles. The van der Waals surface area contributed by atoms with Crippen LogP contribution in [0.1, 0.15) is 24.0 Å². The zero-order valence-corrected chi connectivity index (χ0v) is 12.9. The Bertz CT molecular complexity index is 638. The number of Topliss-reactive ketones (excluding diaryl/α,β-unsaturated/α-hetero) is 1. The summed E-state index contributed by atoms with van der Waals surface area (Å²) in [6.45, 7) is 0.192. The van der Waals surface area contributed by atoms with Gasteiger partial charge in [0.2, 0.25) is 0 Å². The third-order valence-corrected chi connectivity index (χ3v) is 3.58. The monoisotopic (exact) mass is 316 g/mol. The molecule has 2 aromatic carbocycles. The molecule has 3 nitrogen and oxygen atoms in total. The molecule has 0 fully saturated rings. The Morgan fingerprint density at radius 2 is 1.64 bits per heavy atom. The van der Waals surface area contributed by atoms with E-state index in [0.29, 0.717) is 11.4 Å². The Labute approximate surface area is 134 Å². The average Bonchev–Trinajstić information content (AvgIpc) is 2.53. The maximum absolute atomic E-state index is 11.8. The fraction of sp³-hybridized carbons (Fsp3) is 0.222. The molecule has 0 radical (unpaired) electrons. The van der Waals surface area contributed by atoms with E-state index < -0.39 is 5.97 Å². The Hall–Kier alpha value is -2.13. The lowest BCUT2D eigenvalue weighted by molar-refractivity contribution is -0.147. The van der Waals surface area contributed by atoms with E-state index in [1.807, 2.05) is 48.5 Å². The summed E-state index contributed by atoms with van der Waals surface area (Å²) < 4.78 is 5.09. The molecule has 22 heavy (non-hydrogen) atoms. The van der Waals surface area contributed by atoms with Gasteiger partial charge in [0.15, 0.2) is 0 Å². The Morgan fingerprint density at radius 3 is 2.36 bits per heavy atom. The van der Waals surface area contributed by atoms with Crippen LogP contribution in [0.25, 0.3) is 0 Å². The molecule has 0 aliphatic carbocycles. The smallest absolute Gasteiger partial charge is 0.313 e. The summed E-state index contributed by atoms with van der Waals surface area (Å²) in [7, 11) is 0. The largest absolute Gasteiger partial charge is 0.460 e. The van der Waals surface area contributed by atoms with Crippen LogP contribution in [-0.2, 0) is 27.4 Å². The number of ether oxygens (including phenoxy) is 1. The minimum Gasteiger partial charge on any atom is -0.460 e. The van der Waals surface area contributed by atoms with Crippen LogP contribution in [0.3, 0.4) is 0 Å². The van der Waals surface area contributed by atoms with Gasteiger partial charge in [-0.15, -0.1) is 0 Å². The van der Waals surface area contributed by atoms with Crippen molar-refractivity contribution in [3.05, 3.63) is 70.7 Å². The quantitative estimate of drug-likeness (QED) is 0.573. The third-order valence-electron chi connectivity index (χ3n) is 3.22. The van der Waals surface area contributed by atoms with Crippen LogP contribution in [0.5, 0.6) is 0 Å².